The van der Waals surface area contributed by atoms with E-state index in [1.165, 1.54) is 18.9 Å². The summed E-state index contributed by atoms with van der Waals surface area (Å²) in [6, 6.07) is 0. The highest BCUT2D eigenvalue weighted by Crippen LogP contribution is 1.94. The van der Waals surface area contributed by atoms with Gasteiger partial charge in [0.1, 0.15) is 15.6 Å². The van der Waals surface area contributed by atoms with Crippen molar-refractivity contribution in [1.82, 2.24) is 0 Å². The fraction of sp³-hybridized carbons (Fsp3) is 0.862. The van der Waals surface area contributed by atoms with E-state index in [2.05, 4.69) is 67.1 Å². The molecule has 35 heavy (non-hydrogen) atoms. The van der Waals surface area contributed by atoms with Gasteiger partial charge in [0.15, 0.2) is 0 Å². The van der Waals surface area contributed by atoms with Crippen molar-refractivity contribution in [3.8, 4) is 0 Å². The topological polar surface area (TPSA) is 77.5 Å². The minimum Gasteiger partial charge on any atom is -0.435 e. The molecule has 0 N–H and O–H groups in total. The Kier molecular flexibility index (Phi) is 41.5. The van der Waals surface area contributed by atoms with Crippen LogP contribution in [0.3, 0.4) is 0 Å². The van der Waals surface area contributed by atoms with Crippen molar-refractivity contribution in [2.24, 2.45) is 23.7 Å². The van der Waals surface area contributed by atoms with Gasteiger partial charge in [0.05, 0.1) is 11.5 Å². The third-order valence-corrected chi connectivity index (χ3v) is 4.91. The Hall–Kier alpha value is -1.17. The first-order valence-electron chi connectivity index (χ1n) is 13.0. The second-order valence-corrected chi connectivity index (χ2v) is 13.6. The van der Waals surface area contributed by atoms with Crippen LogP contribution in [-0.4, -0.2) is 31.7 Å². The SMILES string of the molecule is CC(=O)C(C)C.CC(C)C.CC(C)C.CC(C)S(C)(=O)=O.CCC(=O)OC=C(C)C.CCC(C)C. The van der Waals surface area contributed by atoms with Crippen LogP contribution >= 0.6 is 0 Å². The summed E-state index contributed by atoms with van der Waals surface area (Å²) in [5.41, 5.74) is 0.997. The number of carbonyl (C=O) groups excluding carboxylic acids is 2. The summed E-state index contributed by atoms with van der Waals surface area (Å²) in [5, 5.41) is -0.229. The highest BCUT2D eigenvalue weighted by atomic mass is 32.2. The van der Waals surface area contributed by atoms with Crippen LogP contribution in [0.2, 0.25) is 0 Å². The molecule has 0 aromatic rings. The smallest absolute Gasteiger partial charge is 0.310 e. The zero-order valence-electron chi connectivity index (χ0n) is 26.8. The van der Waals surface area contributed by atoms with Crippen LogP contribution in [0.4, 0.5) is 0 Å². The average molecular weight is 525 g/mol. The molecular weight excluding hydrogens is 460 g/mol. The number of allylic oxidation sites excluding steroid dienone is 1. The molecule has 0 aliphatic carbocycles. The van der Waals surface area contributed by atoms with Gasteiger partial charge in [0, 0.05) is 18.6 Å². The molecule has 0 amide bonds. The van der Waals surface area contributed by atoms with Crippen molar-refractivity contribution in [2.45, 2.75) is 136 Å². The summed E-state index contributed by atoms with van der Waals surface area (Å²) >= 11 is 0. The van der Waals surface area contributed by atoms with E-state index in [1.807, 2.05) is 27.7 Å². The molecule has 0 aromatic carbocycles. The fourth-order valence-corrected chi connectivity index (χ4v) is 0.267. The number of rotatable bonds is 5. The van der Waals surface area contributed by atoms with E-state index < -0.39 is 9.84 Å². The average Bonchev–Trinajstić information content (AvgIpc) is 2.65. The molecule has 216 valence electrons. The molecule has 0 unspecified atom stereocenters. The molecule has 0 saturated heterocycles. The molecule has 0 fully saturated rings. The zero-order chi connectivity index (χ0) is 29.9. The molecule has 0 rings (SSSR count). The minimum absolute atomic E-state index is 0.184. The molecule has 0 aliphatic rings. The number of Topliss-reactive ketones (excluding diaryl/α,β-unsaturated/α-hetero) is 1. The molecule has 0 aromatic heterocycles. The summed E-state index contributed by atoms with van der Waals surface area (Å²) in [7, 11) is -2.74. The number of ether oxygens (including phenoxy) is 1. The lowest BCUT2D eigenvalue weighted by Gasteiger charge is -1.96. The molecule has 0 atom stereocenters. The van der Waals surface area contributed by atoms with Crippen molar-refractivity contribution in [3.05, 3.63) is 11.8 Å². The minimum atomic E-state index is -2.74. The quantitative estimate of drug-likeness (QED) is 0.265. The lowest BCUT2D eigenvalue weighted by Crippen LogP contribution is -2.10. The van der Waals surface area contributed by atoms with E-state index in [4.69, 9.17) is 0 Å². The van der Waals surface area contributed by atoms with Crippen molar-refractivity contribution < 1.29 is 22.7 Å². The number of esters is 1. The third-order valence-electron chi connectivity index (χ3n) is 3.20. The molecule has 5 nitrogen and oxygen atoms in total. The van der Waals surface area contributed by atoms with Gasteiger partial charge in [0.25, 0.3) is 0 Å². The van der Waals surface area contributed by atoms with Gasteiger partial charge in [-0.05, 0) is 57.9 Å². The van der Waals surface area contributed by atoms with Crippen LogP contribution in [0, 0.1) is 23.7 Å². The van der Waals surface area contributed by atoms with Gasteiger partial charge in [-0.3, -0.25) is 9.59 Å². The highest BCUT2D eigenvalue weighted by Gasteiger charge is 2.05. The standard InChI is InChI=1S/C7H12O2.C5H10O.C5H12.C4H10O2S.2C4H10/c1-4-7(8)9-5-6(2)3;1-4(2)5(3)6;1-4-5(2)3;1-4(2)7(3,5)6;2*1-4(2)3/h5H,4H2,1-3H3;4H,1-3H3;5H,4H2,1-3H3;4H,1-3H3;2*4H,1-3H3. The van der Waals surface area contributed by atoms with Crippen LogP contribution in [-0.2, 0) is 24.2 Å². The number of sulfone groups is 1. The number of carbonyl (C=O) groups is 2. The van der Waals surface area contributed by atoms with E-state index in [1.54, 1.807) is 27.7 Å². The summed E-state index contributed by atoms with van der Waals surface area (Å²) in [6.07, 6.45) is 4.44. The van der Waals surface area contributed by atoms with E-state index in [9.17, 15) is 18.0 Å². The first-order valence-corrected chi connectivity index (χ1v) is 15.0. The third kappa shape index (κ3) is 98.2. The Balaban J connectivity index is -0.0000000740. The van der Waals surface area contributed by atoms with Gasteiger partial charge in [-0.2, -0.15) is 0 Å². The summed E-state index contributed by atoms with van der Waals surface area (Å²) in [6.45, 7) is 33.9. The Morgan fingerprint density at radius 3 is 1.06 bits per heavy atom. The fourth-order valence-electron chi connectivity index (χ4n) is 0.267. The molecule has 0 bridgehead atoms. The van der Waals surface area contributed by atoms with E-state index in [0.717, 1.165) is 23.3 Å². The summed E-state index contributed by atoms with van der Waals surface area (Å²) < 4.78 is 25.3. The second kappa shape index (κ2) is 30.9. The van der Waals surface area contributed by atoms with Crippen molar-refractivity contribution >= 4 is 21.6 Å². The molecule has 0 radical (unpaired) electrons. The second-order valence-electron chi connectivity index (χ2n) is 10.9. The van der Waals surface area contributed by atoms with E-state index >= 15 is 0 Å². The zero-order valence-corrected chi connectivity index (χ0v) is 27.6. The largest absolute Gasteiger partial charge is 0.435 e. The van der Waals surface area contributed by atoms with Crippen LogP contribution in [0.5, 0.6) is 0 Å². The highest BCUT2D eigenvalue weighted by molar-refractivity contribution is 7.91. The predicted octanol–water partition coefficient (Wildman–Crippen LogP) is 8.91. The van der Waals surface area contributed by atoms with Crippen LogP contribution in [0.1, 0.15) is 131 Å². The van der Waals surface area contributed by atoms with Gasteiger partial charge in [0.2, 0.25) is 0 Å². The summed E-state index contributed by atoms with van der Waals surface area (Å²) in [4.78, 5) is 20.6. The van der Waals surface area contributed by atoms with E-state index in [0.29, 0.717) is 6.42 Å². The first kappa shape index (κ1) is 47.1. The summed E-state index contributed by atoms with van der Waals surface area (Å²) in [5.74, 6) is 2.84. The maximum absolute atomic E-state index is 10.4. The number of hydrogen-bond acceptors (Lipinski definition) is 5. The van der Waals surface area contributed by atoms with Crippen molar-refractivity contribution in [1.29, 1.82) is 0 Å². The van der Waals surface area contributed by atoms with Crippen molar-refractivity contribution in [2.75, 3.05) is 6.26 Å². The molecular formula is C29H64O5S. The Morgan fingerprint density at radius 2 is 0.971 bits per heavy atom. The number of ketones is 1. The molecule has 0 heterocycles. The first-order chi connectivity index (χ1) is 15.5. The maximum Gasteiger partial charge on any atom is 0.310 e. The normalized spacial score (nSPS) is 9.69. The van der Waals surface area contributed by atoms with Crippen LogP contribution < -0.4 is 0 Å². The van der Waals surface area contributed by atoms with Gasteiger partial charge in [-0.15, -0.1) is 0 Å². The van der Waals surface area contributed by atoms with Gasteiger partial charge in [-0.25, -0.2) is 8.42 Å². The molecule has 0 spiro atoms. The molecule has 0 aliphatic heterocycles. The van der Waals surface area contributed by atoms with E-state index in [-0.39, 0.29) is 22.9 Å². The maximum atomic E-state index is 10.4. The molecule has 0 saturated carbocycles. The van der Waals surface area contributed by atoms with Gasteiger partial charge in [-0.1, -0.05) is 89.5 Å². The van der Waals surface area contributed by atoms with Crippen molar-refractivity contribution in [3.63, 3.8) is 0 Å². The monoisotopic (exact) mass is 524 g/mol. The van der Waals surface area contributed by atoms with Crippen LogP contribution in [0.15, 0.2) is 11.8 Å². The Bertz CT molecular complexity index is 569. The molecule has 6 heteroatoms. The Labute approximate surface area is 221 Å². The Morgan fingerprint density at radius 1 is 0.743 bits per heavy atom. The van der Waals surface area contributed by atoms with Gasteiger partial charge < -0.3 is 4.74 Å². The lowest BCUT2D eigenvalue weighted by molar-refractivity contribution is -0.137. The van der Waals surface area contributed by atoms with Crippen LogP contribution in [0.25, 0.3) is 0 Å². The van der Waals surface area contributed by atoms with Gasteiger partial charge >= 0.3 is 5.97 Å². The predicted molar refractivity (Wildman–Crippen MR) is 157 cm³/mol. The number of hydrogen-bond donors (Lipinski definition) is 0. The lowest BCUT2D eigenvalue weighted by atomic mass is 10.1.